The molecule has 0 amide bonds. The van der Waals surface area contributed by atoms with E-state index in [1.54, 1.807) is 6.07 Å². The smallest absolute Gasteiger partial charge is 0.311 e. The van der Waals surface area contributed by atoms with Crippen LogP contribution in [-0.4, -0.2) is 29.5 Å². The first-order valence-corrected chi connectivity index (χ1v) is 6.78. The van der Waals surface area contributed by atoms with Gasteiger partial charge in [-0.25, -0.2) is 4.98 Å². The highest BCUT2D eigenvalue weighted by Gasteiger charge is 2.20. The summed E-state index contributed by atoms with van der Waals surface area (Å²) in [6, 6.07) is 3.18. The van der Waals surface area contributed by atoms with Crippen molar-refractivity contribution >= 4 is 17.3 Å². The maximum absolute atomic E-state index is 11.1. The lowest BCUT2D eigenvalue weighted by Crippen LogP contribution is -2.27. The Hall–Kier alpha value is -1.85. The van der Waals surface area contributed by atoms with Gasteiger partial charge in [0.25, 0.3) is 0 Å². The Kier molecular flexibility index (Phi) is 6.05. The van der Waals surface area contributed by atoms with Gasteiger partial charge in [0.05, 0.1) is 4.92 Å². The lowest BCUT2D eigenvalue weighted by Gasteiger charge is -2.22. The zero-order chi connectivity index (χ0) is 14.3. The minimum absolute atomic E-state index is 0.0727. The van der Waals surface area contributed by atoms with Crippen LogP contribution in [0.5, 0.6) is 0 Å². The summed E-state index contributed by atoms with van der Waals surface area (Å²) in [7, 11) is 0. The Labute approximate surface area is 114 Å². The molecule has 6 heteroatoms. The quantitative estimate of drug-likeness (QED) is 0.578. The van der Waals surface area contributed by atoms with Crippen molar-refractivity contribution < 1.29 is 4.92 Å². The fourth-order valence-electron chi connectivity index (χ4n) is 1.96. The largest absolute Gasteiger partial charge is 0.370 e. The molecule has 0 radical (unpaired) electrons. The van der Waals surface area contributed by atoms with E-state index in [-0.39, 0.29) is 10.6 Å². The Balaban J connectivity index is 3.16. The molecule has 0 spiro atoms. The van der Waals surface area contributed by atoms with Crippen molar-refractivity contribution in [2.45, 2.75) is 33.6 Å². The summed E-state index contributed by atoms with van der Waals surface area (Å²) < 4.78 is 0. The molecule has 19 heavy (non-hydrogen) atoms. The topological polar surface area (TPSA) is 71.3 Å². The number of nitrogens with one attached hydrogen (secondary N) is 1. The number of pyridine rings is 1. The zero-order valence-corrected chi connectivity index (χ0v) is 11.8. The van der Waals surface area contributed by atoms with Crippen molar-refractivity contribution in [2.24, 2.45) is 0 Å². The number of anilines is 2. The van der Waals surface area contributed by atoms with Gasteiger partial charge in [0, 0.05) is 25.7 Å². The monoisotopic (exact) mass is 266 g/mol. The number of rotatable bonds is 8. The van der Waals surface area contributed by atoms with Crippen molar-refractivity contribution in [1.82, 2.24) is 4.98 Å². The molecule has 0 aliphatic rings. The molecule has 0 aromatic carbocycles. The summed E-state index contributed by atoms with van der Waals surface area (Å²) in [5.74, 6) is 1.15. The Morgan fingerprint density at radius 1 is 1.26 bits per heavy atom. The molecule has 1 aromatic rings. The third kappa shape index (κ3) is 4.08. The van der Waals surface area contributed by atoms with E-state index in [2.05, 4.69) is 24.1 Å². The second kappa shape index (κ2) is 7.56. The van der Waals surface area contributed by atoms with Gasteiger partial charge in [0.1, 0.15) is 5.82 Å². The maximum atomic E-state index is 11.1. The van der Waals surface area contributed by atoms with Gasteiger partial charge in [-0.2, -0.15) is 0 Å². The van der Waals surface area contributed by atoms with E-state index in [1.165, 1.54) is 6.07 Å². The van der Waals surface area contributed by atoms with E-state index < -0.39 is 0 Å². The predicted octanol–water partition coefficient (Wildman–Crippen LogP) is 3.05. The first kappa shape index (κ1) is 15.2. The van der Waals surface area contributed by atoms with Gasteiger partial charge in [-0.05, 0) is 25.8 Å². The maximum Gasteiger partial charge on any atom is 0.311 e. The highest BCUT2D eigenvalue weighted by Crippen LogP contribution is 2.28. The number of hydrogen-bond donors (Lipinski definition) is 1. The van der Waals surface area contributed by atoms with E-state index in [9.17, 15) is 10.1 Å². The Morgan fingerprint density at radius 3 is 2.37 bits per heavy atom. The molecule has 6 nitrogen and oxygen atoms in total. The van der Waals surface area contributed by atoms with E-state index in [0.717, 1.165) is 32.5 Å². The molecule has 106 valence electrons. The van der Waals surface area contributed by atoms with E-state index >= 15 is 0 Å². The molecular formula is C13H22N4O2. The van der Waals surface area contributed by atoms with Crippen molar-refractivity contribution in [1.29, 1.82) is 0 Å². The normalized spacial score (nSPS) is 10.3. The van der Waals surface area contributed by atoms with Crippen molar-refractivity contribution in [3.8, 4) is 0 Å². The van der Waals surface area contributed by atoms with Crippen LogP contribution < -0.4 is 10.2 Å². The molecule has 1 heterocycles. The summed E-state index contributed by atoms with van der Waals surface area (Å²) in [4.78, 5) is 17.1. The van der Waals surface area contributed by atoms with Crippen LogP contribution in [-0.2, 0) is 0 Å². The molecule has 0 aliphatic carbocycles. The van der Waals surface area contributed by atoms with Crippen LogP contribution >= 0.6 is 0 Å². The zero-order valence-electron chi connectivity index (χ0n) is 11.8. The number of nitrogens with zero attached hydrogens (tertiary/aromatic N) is 3. The minimum atomic E-state index is -0.365. The van der Waals surface area contributed by atoms with E-state index in [0.29, 0.717) is 11.6 Å². The summed E-state index contributed by atoms with van der Waals surface area (Å²) >= 11 is 0. The average Bonchev–Trinajstić information content (AvgIpc) is 2.38. The van der Waals surface area contributed by atoms with Crippen LogP contribution in [0.4, 0.5) is 17.3 Å². The van der Waals surface area contributed by atoms with Gasteiger partial charge in [0.2, 0.25) is 5.82 Å². The second-order valence-electron chi connectivity index (χ2n) is 4.31. The molecule has 1 aromatic heterocycles. The van der Waals surface area contributed by atoms with Gasteiger partial charge in [-0.3, -0.25) is 10.1 Å². The SMILES string of the molecule is CCCN(CCC)c1nc(NCC)ccc1[N+](=O)[O-]. The molecule has 0 unspecified atom stereocenters. The summed E-state index contributed by atoms with van der Waals surface area (Å²) in [5, 5.41) is 14.2. The minimum Gasteiger partial charge on any atom is -0.370 e. The number of nitro groups is 1. The number of aromatic nitrogens is 1. The van der Waals surface area contributed by atoms with Crippen LogP contribution in [0.1, 0.15) is 33.6 Å². The fraction of sp³-hybridized carbons (Fsp3) is 0.615. The van der Waals surface area contributed by atoms with Gasteiger partial charge in [-0.1, -0.05) is 13.8 Å². The van der Waals surface area contributed by atoms with Crippen LogP contribution in [0.15, 0.2) is 12.1 Å². The van der Waals surface area contributed by atoms with Gasteiger partial charge in [-0.15, -0.1) is 0 Å². The van der Waals surface area contributed by atoms with Crippen LogP contribution in [0.3, 0.4) is 0 Å². The average molecular weight is 266 g/mol. The summed E-state index contributed by atoms with van der Waals surface area (Å²) in [6.45, 7) is 8.38. The molecule has 0 fully saturated rings. The molecular weight excluding hydrogens is 244 g/mol. The van der Waals surface area contributed by atoms with Crippen molar-refractivity contribution in [3.05, 3.63) is 22.2 Å². The van der Waals surface area contributed by atoms with Crippen LogP contribution in [0.25, 0.3) is 0 Å². The Bertz CT molecular complexity index is 417. The molecule has 1 rings (SSSR count). The fourth-order valence-corrected chi connectivity index (χ4v) is 1.96. The Morgan fingerprint density at radius 2 is 1.89 bits per heavy atom. The van der Waals surface area contributed by atoms with E-state index in [4.69, 9.17) is 0 Å². The summed E-state index contributed by atoms with van der Waals surface area (Å²) in [5.41, 5.74) is 0.0727. The molecule has 0 saturated carbocycles. The van der Waals surface area contributed by atoms with Crippen molar-refractivity contribution in [3.63, 3.8) is 0 Å². The molecule has 0 bridgehead atoms. The van der Waals surface area contributed by atoms with Gasteiger partial charge < -0.3 is 10.2 Å². The van der Waals surface area contributed by atoms with Crippen LogP contribution in [0.2, 0.25) is 0 Å². The third-order valence-corrected chi connectivity index (χ3v) is 2.70. The number of hydrogen-bond acceptors (Lipinski definition) is 5. The molecule has 0 atom stereocenters. The lowest BCUT2D eigenvalue weighted by molar-refractivity contribution is -0.384. The molecule has 0 saturated heterocycles. The van der Waals surface area contributed by atoms with Gasteiger partial charge in [0.15, 0.2) is 0 Å². The van der Waals surface area contributed by atoms with Crippen molar-refractivity contribution in [2.75, 3.05) is 29.9 Å². The van der Waals surface area contributed by atoms with E-state index in [1.807, 2.05) is 11.8 Å². The summed E-state index contributed by atoms with van der Waals surface area (Å²) in [6.07, 6.45) is 1.87. The predicted molar refractivity (Wildman–Crippen MR) is 77.9 cm³/mol. The lowest BCUT2D eigenvalue weighted by atomic mass is 10.3. The molecule has 0 aliphatic heterocycles. The van der Waals surface area contributed by atoms with Crippen LogP contribution in [0, 0.1) is 10.1 Å². The second-order valence-corrected chi connectivity index (χ2v) is 4.31. The highest BCUT2D eigenvalue weighted by molar-refractivity contribution is 5.61. The standard InChI is InChI=1S/C13H22N4O2/c1-4-9-16(10-5-2)13-11(17(18)19)7-8-12(15-13)14-6-3/h7-8H,4-6,9-10H2,1-3H3,(H,14,15). The molecule has 1 N–H and O–H groups in total. The first-order chi connectivity index (χ1) is 9.13. The third-order valence-electron chi connectivity index (χ3n) is 2.70. The van der Waals surface area contributed by atoms with Gasteiger partial charge >= 0.3 is 5.69 Å². The first-order valence-electron chi connectivity index (χ1n) is 6.78. The highest BCUT2D eigenvalue weighted by atomic mass is 16.6.